The van der Waals surface area contributed by atoms with Gasteiger partial charge in [0.1, 0.15) is 23.3 Å². The highest BCUT2D eigenvalue weighted by Crippen LogP contribution is 2.21. The Kier molecular flexibility index (Phi) is 4.03. The van der Waals surface area contributed by atoms with Gasteiger partial charge in [0.15, 0.2) is 0 Å². The van der Waals surface area contributed by atoms with Gasteiger partial charge in [-0.05, 0) is 6.42 Å². The van der Waals surface area contributed by atoms with Crippen LogP contribution in [0.5, 0.6) is 0 Å². The largest absolute Gasteiger partial charge is 0.370 e. The Morgan fingerprint density at radius 1 is 1.24 bits per heavy atom. The first-order valence-electron chi connectivity index (χ1n) is 7.67. The second kappa shape index (κ2) is 6.11. The first-order chi connectivity index (χ1) is 10.3. The van der Waals surface area contributed by atoms with Gasteiger partial charge in [-0.1, -0.05) is 13.8 Å². The zero-order valence-corrected chi connectivity index (χ0v) is 12.7. The smallest absolute Gasteiger partial charge is 0.134 e. The monoisotopic (exact) mass is 286 g/mol. The Morgan fingerprint density at radius 2 is 2.14 bits per heavy atom. The zero-order chi connectivity index (χ0) is 14.7. The summed E-state index contributed by atoms with van der Waals surface area (Å²) in [6, 6.07) is 2.05. The lowest BCUT2D eigenvalue weighted by Gasteiger charge is -2.29. The maximum Gasteiger partial charge on any atom is 0.134 e. The zero-order valence-electron chi connectivity index (χ0n) is 12.7. The molecule has 0 amide bonds. The van der Waals surface area contributed by atoms with E-state index < -0.39 is 0 Å². The van der Waals surface area contributed by atoms with E-state index in [4.69, 9.17) is 0 Å². The molecule has 0 saturated heterocycles. The second-order valence-electron chi connectivity index (χ2n) is 5.27. The van der Waals surface area contributed by atoms with E-state index in [-0.39, 0.29) is 0 Å². The summed E-state index contributed by atoms with van der Waals surface area (Å²) in [4.78, 5) is 15.9. The Morgan fingerprint density at radius 3 is 2.95 bits per heavy atom. The minimum absolute atomic E-state index is 0.806. The van der Waals surface area contributed by atoms with Crippen LogP contribution < -0.4 is 10.2 Å². The van der Waals surface area contributed by atoms with Crippen LogP contribution in [0.4, 0.5) is 11.6 Å². The quantitative estimate of drug-likeness (QED) is 0.912. The molecule has 0 aromatic carbocycles. The van der Waals surface area contributed by atoms with Crippen LogP contribution in [0.15, 0.2) is 18.5 Å². The van der Waals surface area contributed by atoms with Crippen LogP contribution in [-0.4, -0.2) is 32.6 Å². The normalized spacial score (nSPS) is 14.1. The van der Waals surface area contributed by atoms with Crippen LogP contribution >= 0.6 is 0 Å². The van der Waals surface area contributed by atoms with Gasteiger partial charge in [0.25, 0.3) is 0 Å². The number of nitrogens with zero attached hydrogens (tertiary/aromatic N) is 5. The van der Waals surface area contributed by atoms with E-state index in [0.717, 1.165) is 62.3 Å². The molecule has 0 atom stereocenters. The minimum Gasteiger partial charge on any atom is -0.370 e. The Hall–Kier alpha value is -2.11. The molecule has 1 aliphatic rings. The number of aryl methyl sites for hydroxylation is 1. The first-order valence-corrected chi connectivity index (χ1v) is 7.67. The van der Waals surface area contributed by atoms with E-state index in [9.17, 15) is 0 Å². The lowest BCUT2D eigenvalue weighted by molar-refractivity contribution is 0.555. The van der Waals surface area contributed by atoms with Crippen molar-refractivity contribution in [2.75, 3.05) is 23.3 Å². The number of fused-ring (bicyclic) bond motifs is 1. The summed E-state index contributed by atoms with van der Waals surface area (Å²) >= 11 is 0. The van der Waals surface area contributed by atoms with Crippen LogP contribution in [0, 0.1) is 0 Å². The van der Waals surface area contributed by atoms with Gasteiger partial charge < -0.3 is 14.8 Å². The van der Waals surface area contributed by atoms with Gasteiger partial charge in [0, 0.05) is 44.5 Å². The average Bonchev–Trinajstić information content (AvgIpc) is 3.00. The molecule has 6 heteroatoms. The molecule has 0 fully saturated rings. The molecule has 112 valence electrons. The highest BCUT2D eigenvalue weighted by Gasteiger charge is 2.19. The fourth-order valence-corrected chi connectivity index (χ4v) is 2.52. The second-order valence-corrected chi connectivity index (χ2v) is 5.27. The molecule has 6 nitrogen and oxygen atoms in total. The van der Waals surface area contributed by atoms with Crippen molar-refractivity contribution in [3.63, 3.8) is 0 Å². The number of hydrogen-bond acceptors (Lipinski definition) is 5. The Balaban J connectivity index is 1.84. The molecule has 0 aliphatic carbocycles. The lowest BCUT2D eigenvalue weighted by Crippen LogP contribution is -2.34. The maximum atomic E-state index is 4.68. The molecule has 0 radical (unpaired) electrons. The van der Waals surface area contributed by atoms with E-state index in [2.05, 4.69) is 43.6 Å². The molecule has 0 unspecified atom stereocenters. The molecule has 0 bridgehead atoms. The van der Waals surface area contributed by atoms with E-state index >= 15 is 0 Å². The summed E-state index contributed by atoms with van der Waals surface area (Å²) < 4.78 is 2.20. The maximum absolute atomic E-state index is 4.68. The number of imidazole rings is 1. The van der Waals surface area contributed by atoms with Crippen LogP contribution in [0.25, 0.3) is 0 Å². The highest BCUT2D eigenvalue weighted by atomic mass is 15.3. The summed E-state index contributed by atoms with van der Waals surface area (Å²) in [5.41, 5.74) is 0. The van der Waals surface area contributed by atoms with Crippen LogP contribution in [0.1, 0.15) is 31.9 Å². The summed E-state index contributed by atoms with van der Waals surface area (Å²) in [6.45, 7) is 7.89. The van der Waals surface area contributed by atoms with Crippen molar-refractivity contribution in [2.24, 2.45) is 0 Å². The van der Waals surface area contributed by atoms with Crippen LogP contribution in [-0.2, 0) is 19.5 Å². The summed E-state index contributed by atoms with van der Waals surface area (Å²) in [7, 11) is 0. The van der Waals surface area contributed by atoms with E-state index in [0.29, 0.717) is 0 Å². The molecule has 1 N–H and O–H groups in total. The van der Waals surface area contributed by atoms with Gasteiger partial charge in [0.05, 0.1) is 6.54 Å². The van der Waals surface area contributed by atoms with Gasteiger partial charge in [-0.3, -0.25) is 0 Å². The van der Waals surface area contributed by atoms with Crippen LogP contribution in [0.3, 0.4) is 0 Å². The van der Waals surface area contributed by atoms with Crippen molar-refractivity contribution in [1.82, 2.24) is 19.5 Å². The third-order valence-electron chi connectivity index (χ3n) is 3.70. The molecule has 2 aromatic heterocycles. The molecule has 0 spiro atoms. The standard InChI is InChI=1S/C15H22N6/c1-3-5-16-13-10-14(19-12(4-2)18-13)21-9-8-20-7-6-17-15(20)11-21/h6-7,10H,3-5,8-9,11H2,1-2H3,(H,16,18,19). The molecule has 2 aromatic rings. The van der Waals surface area contributed by atoms with Crippen molar-refractivity contribution < 1.29 is 0 Å². The predicted octanol–water partition coefficient (Wildman–Crippen LogP) is 2.08. The molecular formula is C15H22N6. The lowest BCUT2D eigenvalue weighted by atomic mass is 10.3. The van der Waals surface area contributed by atoms with Crippen LogP contribution in [0.2, 0.25) is 0 Å². The average molecular weight is 286 g/mol. The Bertz CT molecular complexity index is 606. The molecule has 3 rings (SSSR count). The molecule has 1 aliphatic heterocycles. The van der Waals surface area contributed by atoms with Gasteiger partial charge in [-0.2, -0.15) is 0 Å². The number of anilines is 2. The summed E-state index contributed by atoms with van der Waals surface area (Å²) in [5, 5.41) is 3.36. The SMILES string of the molecule is CCCNc1cc(N2CCn3ccnc3C2)nc(CC)n1. The van der Waals surface area contributed by atoms with Crippen molar-refractivity contribution in [1.29, 1.82) is 0 Å². The van der Waals surface area contributed by atoms with Crippen molar-refractivity contribution in [3.8, 4) is 0 Å². The third-order valence-corrected chi connectivity index (χ3v) is 3.70. The van der Waals surface area contributed by atoms with E-state index in [1.165, 1.54) is 0 Å². The number of rotatable bonds is 5. The van der Waals surface area contributed by atoms with Gasteiger partial charge in [-0.25, -0.2) is 15.0 Å². The van der Waals surface area contributed by atoms with Crippen molar-refractivity contribution >= 4 is 11.6 Å². The minimum atomic E-state index is 0.806. The first kappa shape index (κ1) is 13.9. The number of aromatic nitrogens is 4. The number of hydrogen-bond donors (Lipinski definition) is 1. The fourth-order valence-electron chi connectivity index (χ4n) is 2.52. The predicted molar refractivity (Wildman–Crippen MR) is 83.5 cm³/mol. The van der Waals surface area contributed by atoms with Gasteiger partial charge in [0.2, 0.25) is 0 Å². The topological polar surface area (TPSA) is 58.9 Å². The molecular weight excluding hydrogens is 264 g/mol. The summed E-state index contributed by atoms with van der Waals surface area (Å²) in [5.74, 6) is 3.91. The molecule has 21 heavy (non-hydrogen) atoms. The third kappa shape index (κ3) is 2.99. The number of nitrogens with one attached hydrogen (secondary N) is 1. The van der Waals surface area contributed by atoms with E-state index in [1.54, 1.807) is 0 Å². The van der Waals surface area contributed by atoms with Gasteiger partial charge in [-0.15, -0.1) is 0 Å². The fraction of sp³-hybridized carbons (Fsp3) is 0.533. The molecule has 0 saturated carbocycles. The van der Waals surface area contributed by atoms with Crippen molar-refractivity contribution in [2.45, 2.75) is 39.8 Å². The molecule has 3 heterocycles. The highest BCUT2D eigenvalue weighted by molar-refractivity contribution is 5.50. The Labute approximate surface area is 125 Å². The van der Waals surface area contributed by atoms with E-state index in [1.807, 2.05) is 18.5 Å². The van der Waals surface area contributed by atoms with Gasteiger partial charge >= 0.3 is 0 Å². The van der Waals surface area contributed by atoms with Crippen molar-refractivity contribution in [3.05, 3.63) is 30.1 Å². The summed E-state index contributed by atoms with van der Waals surface area (Å²) in [6.07, 6.45) is 5.84.